The van der Waals surface area contributed by atoms with Crippen LogP contribution >= 0.6 is 11.6 Å². The number of halogens is 1. The van der Waals surface area contributed by atoms with Crippen molar-refractivity contribution in [1.29, 1.82) is 5.26 Å². The van der Waals surface area contributed by atoms with Gasteiger partial charge in [-0.1, -0.05) is 73.1 Å². The Kier molecular flexibility index (Phi) is 9.46. The van der Waals surface area contributed by atoms with Crippen LogP contribution in [0.15, 0.2) is 78.9 Å². The van der Waals surface area contributed by atoms with Crippen LogP contribution in [-0.4, -0.2) is 24.5 Å². The highest BCUT2D eigenvalue weighted by atomic mass is 35.5. The Hall–Kier alpha value is -3.62. The van der Waals surface area contributed by atoms with Crippen molar-refractivity contribution in [3.05, 3.63) is 106 Å². The predicted molar refractivity (Wildman–Crippen MR) is 137 cm³/mol. The number of rotatable bonds is 10. The number of hydrogen-bond acceptors (Lipinski definition) is 4. The number of amides is 1. The molecule has 3 aromatic rings. The van der Waals surface area contributed by atoms with Crippen molar-refractivity contribution >= 4 is 23.5 Å². The lowest BCUT2D eigenvalue weighted by molar-refractivity contribution is -0.145. The second kappa shape index (κ2) is 12.7. The third-order valence-electron chi connectivity index (χ3n) is 5.92. The largest absolute Gasteiger partial charge is 0.465 e. The second-order valence-electron chi connectivity index (χ2n) is 8.72. The van der Waals surface area contributed by atoms with E-state index in [0.717, 1.165) is 16.7 Å². The molecule has 1 unspecified atom stereocenters. The topological polar surface area (TPSA) is 79.2 Å². The van der Waals surface area contributed by atoms with Crippen LogP contribution in [0.25, 0.3) is 0 Å². The molecular weight excluding hydrogens is 460 g/mol. The van der Waals surface area contributed by atoms with Crippen molar-refractivity contribution in [1.82, 2.24) is 5.32 Å². The highest BCUT2D eigenvalue weighted by molar-refractivity contribution is 6.30. The fourth-order valence-electron chi connectivity index (χ4n) is 3.87. The standard InChI is InChI=1S/C29H29ClN2O3/c1-20(19-35-28(33)17-22-7-4-3-5-8-22)29(34)32-21(2)27(16-23-11-13-26(30)14-12-23)25-10-6-9-24(15-25)18-31/h3-15,20-21,27H,16-17,19H2,1-2H3,(H,32,34)/t20?,21-,27+/m0/s1. The van der Waals surface area contributed by atoms with Gasteiger partial charge in [0.2, 0.25) is 5.91 Å². The van der Waals surface area contributed by atoms with Gasteiger partial charge < -0.3 is 10.1 Å². The van der Waals surface area contributed by atoms with Gasteiger partial charge in [-0.15, -0.1) is 0 Å². The van der Waals surface area contributed by atoms with Crippen LogP contribution in [0, 0.1) is 17.2 Å². The summed E-state index contributed by atoms with van der Waals surface area (Å²) in [5.41, 5.74) is 3.48. The van der Waals surface area contributed by atoms with Crippen LogP contribution < -0.4 is 5.32 Å². The molecule has 35 heavy (non-hydrogen) atoms. The summed E-state index contributed by atoms with van der Waals surface area (Å²) in [5.74, 6) is -1.12. The zero-order chi connectivity index (χ0) is 25.2. The molecule has 5 nitrogen and oxygen atoms in total. The fourth-order valence-corrected chi connectivity index (χ4v) is 4.00. The summed E-state index contributed by atoms with van der Waals surface area (Å²) in [4.78, 5) is 25.1. The quantitative estimate of drug-likeness (QED) is 0.384. The molecule has 0 heterocycles. The molecular formula is C29H29ClN2O3. The number of nitriles is 1. The third kappa shape index (κ3) is 7.98. The number of benzene rings is 3. The number of carbonyl (C=O) groups excluding carboxylic acids is 2. The minimum absolute atomic E-state index is 0.00991. The first-order chi connectivity index (χ1) is 16.9. The first-order valence-corrected chi connectivity index (χ1v) is 12.0. The lowest BCUT2D eigenvalue weighted by atomic mass is 9.85. The molecule has 0 bridgehead atoms. The van der Waals surface area contributed by atoms with Crippen LogP contribution in [0.3, 0.4) is 0 Å². The van der Waals surface area contributed by atoms with Gasteiger partial charge in [0, 0.05) is 17.0 Å². The van der Waals surface area contributed by atoms with Gasteiger partial charge in [-0.2, -0.15) is 5.26 Å². The van der Waals surface area contributed by atoms with Crippen LogP contribution in [-0.2, 0) is 27.2 Å². The zero-order valence-electron chi connectivity index (χ0n) is 19.9. The molecule has 0 saturated carbocycles. The van der Waals surface area contributed by atoms with E-state index in [0.29, 0.717) is 17.0 Å². The summed E-state index contributed by atoms with van der Waals surface area (Å²) in [5, 5.41) is 13.1. The van der Waals surface area contributed by atoms with Crippen LogP contribution in [0.4, 0.5) is 0 Å². The molecule has 3 rings (SSSR count). The van der Waals surface area contributed by atoms with E-state index in [2.05, 4.69) is 11.4 Å². The molecule has 0 aliphatic heterocycles. The van der Waals surface area contributed by atoms with Gasteiger partial charge >= 0.3 is 5.97 Å². The Balaban J connectivity index is 1.64. The van der Waals surface area contributed by atoms with Crippen molar-refractivity contribution < 1.29 is 14.3 Å². The van der Waals surface area contributed by atoms with Crippen molar-refractivity contribution in [3.8, 4) is 6.07 Å². The SMILES string of the molecule is CC(COC(=O)Cc1ccccc1)C(=O)N[C@@H](C)[C@@H](Cc1ccc(Cl)cc1)c1cccc(C#N)c1. The van der Waals surface area contributed by atoms with Gasteiger partial charge in [0.1, 0.15) is 6.61 Å². The number of nitrogens with one attached hydrogen (secondary N) is 1. The molecule has 3 aromatic carbocycles. The first-order valence-electron chi connectivity index (χ1n) is 11.6. The molecule has 0 aliphatic carbocycles. The number of nitrogens with zero attached hydrogens (tertiary/aromatic N) is 1. The van der Waals surface area contributed by atoms with E-state index in [1.807, 2.05) is 79.7 Å². The summed E-state index contributed by atoms with van der Waals surface area (Å²) < 4.78 is 5.34. The van der Waals surface area contributed by atoms with Gasteiger partial charge in [-0.25, -0.2) is 0 Å². The molecule has 0 radical (unpaired) electrons. The van der Waals surface area contributed by atoms with E-state index in [9.17, 15) is 14.9 Å². The smallest absolute Gasteiger partial charge is 0.310 e. The summed E-state index contributed by atoms with van der Waals surface area (Å²) in [7, 11) is 0. The number of hydrogen-bond donors (Lipinski definition) is 1. The molecule has 0 fully saturated rings. The molecule has 6 heteroatoms. The summed E-state index contributed by atoms with van der Waals surface area (Å²) in [6.07, 6.45) is 0.831. The maximum Gasteiger partial charge on any atom is 0.310 e. The number of esters is 1. The second-order valence-corrected chi connectivity index (χ2v) is 9.15. The zero-order valence-corrected chi connectivity index (χ0v) is 20.7. The first kappa shape index (κ1) is 26.0. The minimum atomic E-state index is -0.501. The van der Waals surface area contributed by atoms with E-state index in [1.165, 1.54) is 0 Å². The maximum atomic E-state index is 12.9. The molecule has 1 amide bonds. The van der Waals surface area contributed by atoms with Crippen molar-refractivity contribution in [2.45, 2.75) is 38.6 Å². The van der Waals surface area contributed by atoms with Crippen molar-refractivity contribution in [3.63, 3.8) is 0 Å². The normalized spacial score (nSPS) is 13.2. The van der Waals surface area contributed by atoms with E-state index in [-0.39, 0.29) is 36.9 Å². The van der Waals surface area contributed by atoms with E-state index in [4.69, 9.17) is 16.3 Å². The highest BCUT2D eigenvalue weighted by Gasteiger charge is 2.25. The molecule has 1 N–H and O–H groups in total. The molecule has 0 spiro atoms. The molecule has 0 aliphatic rings. The van der Waals surface area contributed by atoms with Gasteiger partial charge in [-0.05, 0) is 54.3 Å². The molecule has 0 aromatic heterocycles. The Morgan fingerprint density at radius 1 is 0.971 bits per heavy atom. The fraction of sp³-hybridized carbons (Fsp3) is 0.276. The van der Waals surface area contributed by atoms with Crippen LogP contribution in [0.5, 0.6) is 0 Å². The monoisotopic (exact) mass is 488 g/mol. The van der Waals surface area contributed by atoms with Crippen LogP contribution in [0.1, 0.15) is 42.0 Å². The van der Waals surface area contributed by atoms with Crippen molar-refractivity contribution in [2.24, 2.45) is 5.92 Å². The van der Waals surface area contributed by atoms with Crippen LogP contribution in [0.2, 0.25) is 5.02 Å². The predicted octanol–water partition coefficient (Wildman–Crippen LogP) is 5.46. The number of carbonyl (C=O) groups is 2. The van der Waals surface area contributed by atoms with Gasteiger partial charge in [0.25, 0.3) is 0 Å². The molecule has 0 saturated heterocycles. The summed E-state index contributed by atoms with van der Waals surface area (Å²) in [6.45, 7) is 3.70. The number of ether oxygens (including phenoxy) is 1. The molecule has 180 valence electrons. The van der Waals surface area contributed by atoms with Gasteiger partial charge in [0.15, 0.2) is 0 Å². The average Bonchev–Trinajstić information content (AvgIpc) is 2.87. The van der Waals surface area contributed by atoms with Gasteiger partial charge in [0.05, 0.1) is 24.0 Å². The average molecular weight is 489 g/mol. The van der Waals surface area contributed by atoms with E-state index < -0.39 is 5.92 Å². The molecule has 3 atom stereocenters. The summed E-state index contributed by atoms with van der Waals surface area (Å²) in [6, 6.07) is 26.4. The lowest BCUT2D eigenvalue weighted by Gasteiger charge is -2.27. The van der Waals surface area contributed by atoms with Gasteiger partial charge in [-0.3, -0.25) is 9.59 Å². The van der Waals surface area contributed by atoms with E-state index >= 15 is 0 Å². The third-order valence-corrected chi connectivity index (χ3v) is 6.17. The minimum Gasteiger partial charge on any atom is -0.465 e. The maximum absolute atomic E-state index is 12.9. The highest BCUT2D eigenvalue weighted by Crippen LogP contribution is 2.26. The summed E-state index contributed by atoms with van der Waals surface area (Å²) >= 11 is 6.04. The lowest BCUT2D eigenvalue weighted by Crippen LogP contribution is -2.41. The van der Waals surface area contributed by atoms with E-state index in [1.54, 1.807) is 13.0 Å². The Labute approximate surface area is 211 Å². The Morgan fingerprint density at radius 3 is 2.37 bits per heavy atom. The Bertz CT molecular complexity index is 1170. The Morgan fingerprint density at radius 2 is 1.69 bits per heavy atom. The van der Waals surface area contributed by atoms with Crippen molar-refractivity contribution in [2.75, 3.05) is 6.61 Å².